The predicted molar refractivity (Wildman–Crippen MR) is 240 cm³/mol. The Kier molecular flexibility index (Phi) is 11.6. The van der Waals surface area contributed by atoms with Gasteiger partial charge in [-0.1, -0.05) is 42.5 Å². The molecule has 5 aromatic rings. The number of ether oxygens (including phenoxy) is 1. The van der Waals surface area contributed by atoms with Crippen LogP contribution in [0.4, 0.5) is 16.5 Å². The van der Waals surface area contributed by atoms with Crippen molar-refractivity contribution in [1.29, 1.82) is 0 Å². The van der Waals surface area contributed by atoms with Crippen LogP contribution >= 0.6 is 11.3 Å². The van der Waals surface area contributed by atoms with E-state index in [9.17, 15) is 28.8 Å². The number of imide groups is 2. The fraction of sp³-hybridized carbons (Fsp3) is 0.312. The lowest BCUT2D eigenvalue weighted by Gasteiger charge is -2.36. The molecule has 2 fully saturated rings. The number of carbonyl (C=O) groups excluding carboxylic acids is 6. The first-order chi connectivity index (χ1) is 30.5. The summed E-state index contributed by atoms with van der Waals surface area (Å²) in [6.45, 7) is 8.73. The molecule has 4 aromatic carbocycles. The van der Waals surface area contributed by atoms with E-state index >= 15 is 0 Å². The molecular formula is C48H47N7O7S. The van der Waals surface area contributed by atoms with E-state index in [2.05, 4.69) is 26.5 Å². The van der Waals surface area contributed by atoms with Crippen LogP contribution in [0, 0.1) is 13.8 Å². The van der Waals surface area contributed by atoms with E-state index < -0.39 is 29.7 Å². The molecule has 2 saturated heterocycles. The lowest BCUT2D eigenvalue weighted by molar-refractivity contribution is -0.136. The van der Waals surface area contributed by atoms with Crippen LogP contribution in [0.5, 0.6) is 5.75 Å². The van der Waals surface area contributed by atoms with Crippen LogP contribution in [0.3, 0.4) is 0 Å². The largest absolute Gasteiger partial charge is 0.494 e. The molecule has 14 nitrogen and oxygen atoms in total. The first-order valence-electron chi connectivity index (χ1n) is 21.3. The smallest absolute Gasteiger partial charge is 0.264 e. The van der Waals surface area contributed by atoms with Gasteiger partial charge in [0.25, 0.3) is 17.7 Å². The number of hydrogen-bond acceptors (Lipinski definition) is 11. The Morgan fingerprint density at radius 2 is 1.67 bits per heavy atom. The van der Waals surface area contributed by atoms with E-state index in [4.69, 9.17) is 9.72 Å². The molecule has 9 rings (SSSR count). The molecule has 2 N–H and O–H groups in total. The van der Waals surface area contributed by atoms with Crippen LogP contribution in [-0.4, -0.2) is 102 Å². The summed E-state index contributed by atoms with van der Waals surface area (Å²) in [6, 6.07) is 25.5. The average molecular weight is 866 g/mol. The molecule has 6 amide bonds. The normalized spacial score (nSPS) is 17.5. The highest BCUT2D eigenvalue weighted by molar-refractivity contribution is 7.16. The fourth-order valence-corrected chi connectivity index (χ4v) is 9.83. The SMILES string of the molecule is Cc1ccccc1C(=O)N1CCc2cc(-c3nc(NC(=O)Cc4cccc(OCCCN5CCN(c6cccc7c6C(=O)N(C6CCC(=O)NC6=O)C7=O)CC5)c4)sc3C)ccc21. The van der Waals surface area contributed by atoms with Crippen molar-refractivity contribution in [2.75, 3.05) is 61.0 Å². The second kappa shape index (κ2) is 17.6. The Labute approximate surface area is 368 Å². The van der Waals surface area contributed by atoms with Crippen molar-refractivity contribution in [3.05, 3.63) is 123 Å². The minimum Gasteiger partial charge on any atom is -0.494 e. The zero-order valence-corrected chi connectivity index (χ0v) is 36.0. The van der Waals surface area contributed by atoms with Crippen molar-refractivity contribution in [3.8, 4) is 17.0 Å². The molecule has 1 atom stereocenters. The molecule has 0 bridgehead atoms. The number of piperazine rings is 1. The van der Waals surface area contributed by atoms with Gasteiger partial charge in [0.15, 0.2) is 5.13 Å². The summed E-state index contributed by atoms with van der Waals surface area (Å²) < 4.78 is 6.10. The van der Waals surface area contributed by atoms with E-state index in [1.807, 2.05) is 85.5 Å². The molecule has 0 spiro atoms. The second-order valence-electron chi connectivity index (χ2n) is 16.3. The predicted octanol–water partition coefficient (Wildman–Crippen LogP) is 5.80. The average Bonchev–Trinajstić information content (AvgIpc) is 3.95. The van der Waals surface area contributed by atoms with E-state index in [-0.39, 0.29) is 36.6 Å². The maximum Gasteiger partial charge on any atom is 0.264 e. The van der Waals surface area contributed by atoms with Crippen LogP contribution in [0.2, 0.25) is 0 Å². The molecule has 4 aliphatic heterocycles. The number of amides is 6. The number of nitrogens with zero attached hydrogens (tertiary/aromatic N) is 5. The number of anilines is 3. The van der Waals surface area contributed by atoms with E-state index in [0.717, 1.165) is 75.9 Å². The summed E-state index contributed by atoms with van der Waals surface area (Å²) >= 11 is 1.44. The van der Waals surface area contributed by atoms with Crippen molar-refractivity contribution >= 4 is 63.3 Å². The molecule has 1 unspecified atom stereocenters. The molecular weight excluding hydrogens is 819 g/mol. The van der Waals surface area contributed by atoms with Gasteiger partial charge in [-0.2, -0.15) is 0 Å². The minimum atomic E-state index is -1.00. The third kappa shape index (κ3) is 8.45. The van der Waals surface area contributed by atoms with Gasteiger partial charge in [-0.25, -0.2) is 4.98 Å². The number of hydrogen-bond donors (Lipinski definition) is 2. The Bertz CT molecular complexity index is 2670. The highest BCUT2D eigenvalue weighted by Gasteiger charge is 2.46. The third-order valence-electron chi connectivity index (χ3n) is 12.2. The zero-order valence-electron chi connectivity index (χ0n) is 35.1. The minimum absolute atomic E-state index is 0.00822. The van der Waals surface area contributed by atoms with Crippen LogP contribution in [0.15, 0.2) is 84.9 Å². The van der Waals surface area contributed by atoms with Crippen molar-refractivity contribution < 1.29 is 33.5 Å². The number of thiazole rings is 1. The maximum atomic E-state index is 13.6. The first kappa shape index (κ1) is 41.6. The Morgan fingerprint density at radius 1 is 0.857 bits per heavy atom. The van der Waals surface area contributed by atoms with Crippen molar-refractivity contribution in [2.24, 2.45) is 0 Å². The van der Waals surface area contributed by atoms with E-state index in [0.29, 0.717) is 53.9 Å². The van der Waals surface area contributed by atoms with Crippen LogP contribution < -0.4 is 25.2 Å². The molecule has 322 valence electrons. The van der Waals surface area contributed by atoms with Crippen molar-refractivity contribution in [2.45, 2.75) is 52.0 Å². The fourth-order valence-electron chi connectivity index (χ4n) is 8.98. The summed E-state index contributed by atoms with van der Waals surface area (Å²) in [6.07, 6.45) is 1.91. The van der Waals surface area contributed by atoms with Gasteiger partial charge in [-0.05, 0) is 92.3 Å². The van der Waals surface area contributed by atoms with Gasteiger partial charge < -0.3 is 19.9 Å². The standard InChI is InChI=1S/C48H47N7O7S/c1-29-8-3-4-11-35(29)45(59)54-20-18-32-28-33(14-15-37(32)54)43-30(2)63-48(51-43)50-41(57)27-31-9-5-10-34(26-31)62-25-7-19-52-21-23-53(24-22-52)38-13-6-12-36-42(38)47(61)55(46(36)60)39-16-17-40(56)49-44(39)58/h3-6,8-15,26,28,39H,7,16-25,27H2,1-2H3,(H,49,56,58)(H,50,51,57). The highest BCUT2D eigenvalue weighted by atomic mass is 32.1. The van der Waals surface area contributed by atoms with Crippen LogP contribution in [-0.2, 0) is 27.2 Å². The van der Waals surface area contributed by atoms with E-state index in [1.54, 1.807) is 12.1 Å². The lowest BCUT2D eigenvalue weighted by atomic mass is 10.0. The summed E-state index contributed by atoms with van der Waals surface area (Å²) in [5, 5.41) is 5.76. The number of rotatable bonds is 12. The summed E-state index contributed by atoms with van der Waals surface area (Å²) in [4.78, 5) is 90.8. The van der Waals surface area contributed by atoms with E-state index in [1.165, 1.54) is 11.3 Å². The molecule has 0 saturated carbocycles. The van der Waals surface area contributed by atoms with Gasteiger partial charge in [0.1, 0.15) is 11.8 Å². The number of aryl methyl sites for hydroxylation is 2. The molecule has 0 radical (unpaired) electrons. The number of fused-ring (bicyclic) bond motifs is 2. The quantitative estimate of drug-likeness (QED) is 0.116. The molecule has 63 heavy (non-hydrogen) atoms. The van der Waals surface area contributed by atoms with Crippen molar-refractivity contribution in [1.82, 2.24) is 20.1 Å². The number of nitrogens with one attached hydrogen (secondary N) is 2. The van der Waals surface area contributed by atoms with Gasteiger partial charge in [0.2, 0.25) is 17.7 Å². The van der Waals surface area contributed by atoms with Crippen LogP contribution in [0.25, 0.3) is 11.3 Å². The lowest BCUT2D eigenvalue weighted by Crippen LogP contribution is -2.54. The van der Waals surface area contributed by atoms with Gasteiger partial charge >= 0.3 is 0 Å². The third-order valence-corrected chi connectivity index (χ3v) is 13.1. The highest BCUT2D eigenvalue weighted by Crippen LogP contribution is 2.37. The number of carbonyl (C=O) groups is 6. The van der Waals surface area contributed by atoms with Crippen molar-refractivity contribution in [3.63, 3.8) is 0 Å². The summed E-state index contributed by atoms with van der Waals surface area (Å²) in [5.41, 5.74) is 7.56. The number of benzene rings is 4. The zero-order chi connectivity index (χ0) is 43.8. The monoisotopic (exact) mass is 865 g/mol. The molecule has 0 aliphatic carbocycles. The summed E-state index contributed by atoms with van der Waals surface area (Å²) in [5.74, 6) is -1.50. The Balaban J connectivity index is 0.734. The maximum absolute atomic E-state index is 13.6. The summed E-state index contributed by atoms with van der Waals surface area (Å²) in [7, 11) is 0. The Hall–Kier alpha value is -6.71. The molecule has 5 heterocycles. The molecule has 1 aromatic heterocycles. The number of piperidine rings is 1. The van der Waals surface area contributed by atoms with Gasteiger partial charge in [0, 0.05) is 67.4 Å². The van der Waals surface area contributed by atoms with Gasteiger partial charge in [-0.15, -0.1) is 11.3 Å². The van der Waals surface area contributed by atoms with Gasteiger partial charge in [-0.3, -0.25) is 43.9 Å². The molecule has 15 heteroatoms. The Morgan fingerprint density at radius 3 is 2.48 bits per heavy atom. The molecule has 4 aliphatic rings. The first-order valence-corrected chi connectivity index (χ1v) is 22.2. The number of aromatic nitrogens is 1. The topological polar surface area (TPSA) is 162 Å². The van der Waals surface area contributed by atoms with Gasteiger partial charge in [0.05, 0.1) is 35.5 Å². The van der Waals surface area contributed by atoms with Crippen LogP contribution in [0.1, 0.15) is 71.9 Å². The second-order valence-corrected chi connectivity index (χ2v) is 17.5.